The van der Waals surface area contributed by atoms with Crippen molar-refractivity contribution >= 4 is 43.5 Å². The van der Waals surface area contributed by atoms with Gasteiger partial charge in [0.25, 0.3) is 5.91 Å². The highest BCUT2D eigenvalue weighted by Crippen LogP contribution is 2.22. The molecule has 0 aliphatic carbocycles. The van der Waals surface area contributed by atoms with Gasteiger partial charge in [-0.05, 0) is 31.0 Å². The number of hydrogen-bond donors (Lipinski definition) is 0. The van der Waals surface area contributed by atoms with Gasteiger partial charge in [-0.3, -0.25) is 9.59 Å². The highest BCUT2D eigenvalue weighted by Gasteiger charge is 2.29. The first-order valence-electron chi connectivity index (χ1n) is 8.58. The van der Waals surface area contributed by atoms with E-state index in [9.17, 15) is 22.4 Å². The highest BCUT2D eigenvalue weighted by atomic mass is 32.2. The number of sulfonamides is 1. The Kier molecular flexibility index (Phi) is 5.96. The van der Waals surface area contributed by atoms with Crippen LogP contribution >= 0.6 is 11.3 Å². The van der Waals surface area contributed by atoms with Crippen molar-refractivity contribution in [1.82, 2.24) is 8.87 Å². The third-order valence-electron chi connectivity index (χ3n) is 4.64. The highest BCUT2D eigenvalue weighted by molar-refractivity contribution is 7.88. The van der Waals surface area contributed by atoms with Crippen molar-refractivity contribution in [2.75, 3.05) is 26.5 Å². The van der Waals surface area contributed by atoms with Gasteiger partial charge in [-0.15, -0.1) is 0 Å². The number of fused-ring (bicyclic) bond motifs is 1. The normalized spacial score (nSPS) is 17.2. The number of esters is 1. The Morgan fingerprint density at radius 3 is 2.61 bits per heavy atom. The van der Waals surface area contributed by atoms with E-state index in [1.54, 1.807) is 0 Å². The lowest BCUT2D eigenvalue weighted by Gasteiger charge is -2.28. The first kappa shape index (κ1) is 20.6. The van der Waals surface area contributed by atoms with Gasteiger partial charge in [0.05, 0.1) is 23.6 Å². The summed E-state index contributed by atoms with van der Waals surface area (Å²) in [6.45, 7) is 0.385. The van der Waals surface area contributed by atoms with Crippen LogP contribution in [-0.2, 0) is 30.9 Å². The number of aromatic nitrogens is 1. The average molecular weight is 429 g/mol. The number of ether oxygens (including phenoxy) is 1. The van der Waals surface area contributed by atoms with Crippen LogP contribution in [-0.4, -0.2) is 55.6 Å². The van der Waals surface area contributed by atoms with Crippen molar-refractivity contribution in [3.05, 3.63) is 28.8 Å². The molecule has 0 saturated carbocycles. The number of methoxy groups -OCH3 is 1. The zero-order valence-corrected chi connectivity index (χ0v) is 17.1. The number of carbonyl (C=O) groups is 2. The number of halogens is 1. The van der Waals surface area contributed by atoms with Crippen molar-refractivity contribution in [3.63, 3.8) is 0 Å². The molecule has 0 bridgehead atoms. The molecule has 1 aromatic heterocycles. The minimum absolute atomic E-state index is 0.152. The number of thiazole rings is 1. The molecule has 1 amide bonds. The fraction of sp³-hybridized carbons (Fsp3) is 0.471. The van der Waals surface area contributed by atoms with Crippen LogP contribution in [0.25, 0.3) is 10.2 Å². The van der Waals surface area contributed by atoms with Crippen LogP contribution in [0.1, 0.15) is 12.8 Å². The molecule has 1 saturated heterocycles. The summed E-state index contributed by atoms with van der Waals surface area (Å²) in [5.74, 6) is -1.71. The molecule has 152 valence electrons. The molecule has 0 N–H and O–H groups in total. The third-order valence-corrected chi connectivity index (χ3v) is 6.98. The first-order valence-corrected chi connectivity index (χ1v) is 11.2. The maximum atomic E-state index is 13.5. The van der Waals surface area contributed by atoms with Crippen LogP contribution < -0.4 is 4.80 Å². The van der Waals surface area contributed by atoms with Gasteiger partial charge in [-0.1, -0.05) is 11.3 Å². The molecule has 11 heteroatoms. The summed E-state index contributed by atoms with van der Waals surface area (Å²) in [5, 5.41) is 0. The number of amides is 1. The maximum Gasteiger partial charge on any atom is 0.325 e. The second-order valence-electron chi connectivity index (χ2n) is 6.55. The van der Waals surface area contributed by atoms with Gasteiger partial charge in [0, 0.05) is 19.0 Å². The van der Waals surface area contributed by atoms with Crippen LogP contribution in [0.2, 0.25) is 0 Å². The van der Waals surface area contributed by atoms with Gasteiger partial charge in [0.2, 0.25) is 10.0 Å². The largest absolute Gasteiger partial charge is 0.468 e. The number of rotatable bonds is 4. The Morgan fingerprint density at radius 1 is 1.32 bits per heavy atom. The average Bonchev–Trinajstić information content (AvgIpc) is 2.97. The lowest BCUT2D eigenvalue weighted by Crippen LogP contribution is -2.39. The van der Waals surface area contributed by atoms with Crippen LogP contribution in [0.3, 0.4) is 0 Å². The Bertz CT molecular complexity index is 1080. The smallest absolute Gasteiger partial charge is 0.325 e. The number of nitrogens with zero attached hydrogens (tertiary/aromatic N) is 3. The SMILES string of the molecule is COC(=O)Cn1c(=NC(=O)C2CCN(S(C)(=O)=O)CC2)sc2cc(F)ccc21. The van der Waals surface area contributed by atoms with Gasteiger partial charge in [0.1, 0.15) is 12.4 Å². The lowest BCUT2D eigenvalue weighted by molar-refractivity contribution is -0.141. The van der Waals surface area contributed by atoms with Gasteiger partial charge < -0.3 is 9.30 Å². The molecule has 1 aliphatic rings. The minimum Gasteiger partial charge on any atom is -0.468 e. The summed E-state index contributed by atoms with van der Waals surface area (Å²) in [5.41, 5.74) is 0.579. The Morgan fingerprint density at radius 2 is 2.00 bits per heavy atom. The van der Waals surface area contributed by atoms with Crippen LogP contribution in [0.5, 0.6) is 0 Å². The molecule has 2 heterocycles. The van der Waals surface area contributed by atoms with Crippen molar-refractivity contribution in [2.45, 2.75) is 19.4 Å². The quantitative estimate of drug-likeness (QED) is 0.679. The fourth-order valence-electron chi connectivity index (χ4n) is 3.10. The molecule has 2 aromatic rings. The standard InChI is InChI=1S/C17H20FN3O5S2/c1-26-15(22)10-21-13-4-3-12(18)9-14(13)27-17(21)19-16(23)11-5-7-20(8-6-11)28(2,24)25/h3-4,9,11H,5-8,10H2,1-2H3. The van der Waals surface area contributed by atoms with E-state index in [-0.39, 0.29) is 30.3 Å². The van der Waals surface area contributed by atoms with E-state index in [4.69, 9.17) is 4.74 Å². The summed E-state index contributed by atoms with van der Waals surface area (Å²) in [6, 6.07) is 4.12. The van der Waals surface area contributed by atoms with E-state index in [0.29, 0.717) is 23.1 Å². The predicted octanol–water partition coefficient (Wildman–Crippen LogP) is 1.11. The minimum atomic E-state index is -3.28. The zero-order chi connectivity index (χ0) is 20.5. The molecule has 3 rings (SSSR count). The molecule has 0 unspecified atom stereocenters. The molecule has 0 spiro atoms. The van der Waals surface area contributed by atoms with E-state index in [1.165, 1.54) is 34.2 Å². The second-order valence-corrected chi connectivity index (χ2v) is 9.54. The Hall–Kier alpha value is -2.11. The van der Waals surface area contributed by atoms with Gasteiger partial charge in [-0.2, -0.15) is 4.99 Å². The molecule has 0 radical (unpaired) electrons. The number of piperidine rings is 1. The van der Waals surface area contributed by atoms with E-state index >= 15 is 0 Å². The lowest BCUT2D eigenvalue weighted by atomic mass is 9.98. The monoisotopic (exact) mass is 429 g/mol. The van der Waals surface area contributed by atoms with Gasteiger partial charge in [-0.25, -0.2) is 17.1 Å². The maximum absolute atomic E-state index is 13.5. The van der Waals surface area contributed by atoms with E-state index in [1.807, 2.05) is 0 Å². The van der Waals surface area contributed by atoms with Crippen LogP contribution in [0, 0.1) is 11.7 Å². The zero-order valence-electron chi connectivity index (χ0n) is 15.4. The fourth-order valence-corrected chi connectivity index (χ4v) is 5.03. The molecule has 8 nitrogen and oxygen atoms in total. The van der Waals surface area contributed by atoms with Gasteiger partial charge in [0.15, 0.2) is 4.80 Å². The van der Waals surface area contributed by atoms with E-state index in [2.05, 4.69) is 4.99 Å². The summed E-state index contributed by atoms with van der Waals surface area (Å²) in [7, 11) is -2.02. The summed E-state index contributed by atoms with van der Waals surface area (Å²) in [6.07, 6.45) is 1.91. The molecular formula is C17H20FN3O5S2. The predicted molar refractivity (Wildman–Crippen MR) is 101 cm³/mol. The van der Waals surface area contributed by atoms with Crippen LogP contribution in [0.4, 0.5) is 4.39 Å². The summed E-state index contributed by atoms with van der Waals surface area (Å²) in [4.78, 5) is 28.8. The Balaban J connectivity index is 1.91. The molecule has 1 aromatic carbocycles. The van der Waals surface area contributed by atoms with Crippen molar-refractivity contribution in [2.24, 2.45) is 10.9 Å². The summed E-state index contributed by atoms with van der Waals surface area (Å²) < 4.78 is 44.9. The van der Waals surface area contributed by atoms with Crippen molar-refractivity contribution in [1.29, 1.82) is 0 Å². The molecule has 1 aliphatic heterocycles. The second kappa shape index (κ2) is 8.10. The third kappa shape index (κ3) is 4.47. The molecule has 0 atom stereocenters. The van der Waals surface area contributed by atoms with Crippen molar-refractivity contribution < 1.29 is 27.1 Å². The van der Waals surface area contributed by atoms with E-state index in [0.717, 1.165) is 17.6 Å². The number of hydrogen-bond acceptors (Lipinski definition) is 6. The number of carbonyl (C=O) groups excluding carboxylic acids is 2. The summed E-state index contributed by atoms with van der Waals surface area (Å²) >= 11 is 1.11. The molecular weight excluding hydrogens is 409 g/mol. The Labute approximate surface area is 165 Å². The van der Waals surface area contributed by atoms with Crippen LogP contribution in [0.15, 0.2) is 23.2 Å². The molecule has 1 fully saturated rings. The number of benzene rings is 1. The topological polar surface area (TPSA) is 98.0 Å². The first-order chi connectivity index (χ1) is 13.2. The van der Waals surface area contributed by atoms with E-state index < -0.39 is 27.7 Å². The molecule has 28 heavy (non-hydrogen) atoms. The van der Waals surface area contributed by atoms with Gasteiger partial charge >= 0.3 is 5.97 Å². The van der Waals surface area contributed by atoms with Crippen molar-refractivity contribution in [3.8, 4) is 0 Å².